The maximum Gasteiger partial charge on any atom is 0.120 e. The van der Waals surface area contributed by atoms with Gasteiger partial charge in [-0.15, -0.1) is 0 Å². The predicted molar refractivity (Wildman–Crippen MR) is 70.0 cm³/mol. The number of fused-ring (bicyclic) bond motifs is 3. The van der Waals surface area contributed by atoms with Crippen molar-refractivity contribution in [2.24, 2.45) is 0 Å². The third-order valence-electron chi connectivity index (χ3n) is 4.31. The molecule has 2 heterocycles. The minimum absolute atomic E-state index is 0.553. The van der Waals surface area contributed by atoms with E-state index < -0.39 is 0 Å². The smallest absolute Gasteiger partial charge is 0.120 e. The molecule has 3 rings (SSSR count). The maximum atomic E-state index is 5.33. The third-order valence-corrected chi connectivity index (χ3v) is 4.31. The molecule has 2 aliphatic rings. The van der Waals surface area contributed by atoms with E-state index in [2.05, 4.69) is 42.4 Å². The van der Waals surface area contributed by atoms with Crippen molar-refractivity contribution >= 4 is 5.69 Å². The lowest BCUT2D eigenvalue weighted by molar-refractivity contribution is 0.337. The molecule has 1 saturated heterocycles. The van der Waals surface area contributed by atoms with Crippen LogP contribution in [0.15, 0.2) is 18.2 Å². The normalized spacial score (nSPS) is 31.0. The first kappa shape index (κ1) is 10.9. The van der Waals surface area contributed by atoms with Gasteiger partial charge in [0.1, 0.15) is 5.75 Å². The Kier molecular flexibility index (Phi) is 2.51. The van der Waals surface area contributed by atoms with Crippen LogP contribution in [0.1, 0.15) is 24.8 Å². The number of likely N-dealkylation sites (N-methyl/N-ethyl adjacent to an activating group) is 1. The van der Waals surface area contributed by atoms with Gasteiger partial charge >= 0.3 is 0 Å². The van der Waals surface area contributed by atoms with Gasteiger partial charge in [-0.05, 0) is 31.5 Å². The highest BCUT2D eigenvalue weighted by atomic mass is 16.5. The molecule has 0 aliphatic carbocycles. The van der Waals surface area contributed by atoms with Gasteiger partial charge in [-0.1, -0.05) is 6.07 Å². The molecule has 17 heavy (non-hydrogen) atoms. The van der Waals surface area contributed by atoms with Crippen LogP contribution in [-0.4, -0.2) is 32.8 Å². The molecule has 0 radical (unpaired) electrons. The zero-order valence-electron chi connectivity index (χ0n) is 10.7. The molecular weight excluding hydrogens is 212 g/mol. The highest BCUT2D eigenvalue weighted by Crippen LogP contribution is 2.45. The Bertz CT molecular complexity index is 432. The summed E-state index contributed by atoms with van der Waals surface area (Å²) in [7, 11) is 3.93. The zero-order valence-corrected chi connectivity index (χ0v) is 10.7. The van der Waals surface area contributed by atoms with Crippen molar-refractivity contribution in [3.8, 4) is 5.75 Å². The zero-order chi connectivity index (χ0) is 12.0. The summed E-state index contributed by atoms with van der Waals surface area (Å²) < 4.78 is 5.33. The fourth-order valence-corrected chi connectivity index (χ4v) is 3.48. The summed E-state index contributed by atoms with van der Waals surface area (Å²) in [5, 5.41) is 3.57. The van der Waals surface area contributed by atoms with E-state index in [1.54, 1.807) is 7.11 Å². The minimum atomic E-state index is 0.553. The number of hydrogen-bond acceptors (Lipinski definition) is 3. The lowest BCUT2D eigenvalue weighted by Crippen LogP contribution is -2.51. The molecule has 0 spiro atoms. The maximum absolute atomic E-state index is 5.33. The molecule has 3 heteroatoms. The van der Waals surface area contributed by atoms with Crippen LogP contribution in [0.3, 0.4) is 0 Å². The summed E-state index contributed by atoms with van der Waals surface area (Å²) in [6, 6.07) is 7.64. The first-order valence-corrected chi connectivity index (χ1v) is 6.36. The van der Waals surface area contributed by atoms with Crippen LogP contribution < -0.4 is 15.0 Å². The van der Waals surface area contributed by atoms with Crippen molar-refractivity contribution in [3.05, 3.63) is 23.8 Å². The van der Waals surface area contributed by atoms with Crippen LogP contribution in [0.5, 0.6) is 5.75 Å². The lowest BCUT2D eigenvalue weighted by atomic mass is 9.85. The van der Waals surface area contributed by atoms with Crippen molar-refractivity contribution in [1.29, 1.82) is 0 Å². The summed E-state index contributed by atoms with van der Waals surface area (Å²) in [6.45, 7) is 3.41. The van der Waals surface area contributed by atoms with Gasteiger partial charge in [0, 0.05) is 30.8 Å². The van der Waals surface area contributed by atoms with Crippen LogP contribution >= 0.6 is 0 Å². The molecule has 0 aromatic heterocycles. The van der Waals surface area contributed by atoms with Crippen LogP contribution in [0.2, 0.25) is 0 Å². The monoisotopic (exact) mass is 232 g/mol. The summed E-state index contributed by atoms with van der Waals surface area (Å²) in [4.78, 5) is 2.42. The molecule has 0 bridgehead atoms. The SMILES string of the molecule is COc1ccc2c(c1)N(C)[C@H]1[C@H](C)NCC[C@H]21. The highest BCUT2D eigenvalue weighted by molar-refractivity contribution is 5.64. The number of ether oxygens (including phenoxy) is 1. The molecule has 3 nitrogen and oxygen atoms in total. The lowest BCUT2D eigenvalue weighted by Gasteiger charge is -2.37. The minimum Gasteiger partial charge on any atom is -0.497 e. The van der Waals surface area contributed by atoms with E-state index in [-0.39, 0.29) is 0 Å². The number of benzene rings is 1. The topological polar surface area (TPSA) is 24.5 Å². The molecule has 3 atom stereocenters. The Hall–Kier alpha value is -1.22. The van der Waals surface area contributed by atoms with E-state index >= 15 is 0 Å². The Morgan fingerprint density at radius 1 is 1.41 bits per heavy atom. The van der Waals surface area contributed by atoms with Crippen LogP contribution in [0, 0.1) is 0 Å². The Morgan fingerprint density at radius 3 is 3.00 bits per heavy atom. The number of piperidine rings is 1. The van der Waals surface area contributed by atoms with Crippen molar-refractivity contribution in [1.82, 2.24) is 5.32 Å². The molecule has 0 unspecified atom stereocenters. The van der Waals surface area contributed by atoms with E-state index in [9.17, 15) is 0 Å². The van der Waals surface area contributed by atoms with Gasteiger partial charge in [0.25, 0.3) is 0 Å². The molecule has 0 amide bonds. The molecular formula is C14H20N2O. The van der Waals surface area contributed by atoms with Crippen LogP contribution in [-0.2, 0) is 0 Å². The van der Waals surface area contributed by atoms with E-state index in [4.69, 9.17) is 4.74 Å². The quantitative estimate of drug-likeness (QED) is 0.801. The average molecular weight is 232 g/mol. The van der Waals surface area contributed by atoms with Crippen molar-refractivity contribution in [3.63, 3.8) is 0 Å². The number of nitrogens with zero attached hydrogens (tertiary/aromatic N) is 1. The molecule has 1 aromatic carbocycles. The second-order valence-corrected chi connectivity index (χ2v) is 5.16. The Morgan fingerprint density at radius 2 is 2.24 bits per heavy atom. The number of hydrogen-bond donors (Lipinski definition) is 1. The van der Waals surface area contributed by atoms with Gasteiger partial charge in [0.15, 0.2) is 0 Å². The summed E-state index contributed by atoms with van der Waals surface area (Å²) in [6.07, 6.45) is 1.23. The Balaban J connectivity index is 2.04. The summed E-state index contributed by atoms with van der Waals surface area (Å²) >= 11 is 0. The Labute approximate surface area is 103 Å². The first-order valence-electron chi connectivity index (χ1n) is 6.36. The molecule has 0 saturated carbocycles. The average Bonchev–Trinajstić information content (AvgIpc) is 2.64. The van der Waals surface area contributed by atoms with Crippen molar-refractivity contribution in [2.75, 3.05) is 25.6 Å². The van der Waals surface area contributed by atoms with Crippen LogP contribution in [0.4, 0.5) is 5.69 Å². The summed E-state index contributed by atoms with van der Waals surface area (Å²) in [5.74, 6) is 1.63. The van der Waals surface area contributed by atoms with Crippen LogP contribution in [0.25, 0.3) is 0 Å². The predicted octanol–water partition coefficient (Wildman–Crippen LogP) is 1.98. The van der Waals surface area contributed by atoms with E-state index in [1.807, 2.05) is 0 Å². The standard InChI is InChI=1S/C14H20N2O/c1-9-14-12(6-7-15-9)11-5-4-10(17-3)8-13(11)16(14)2/h4-5,8-9,12,14-15H,6-7H2,1-3H3/t9-,12+,14-/m0/s1. The fraction of sp³-hybridized carbons (Fsp3) is 0.571. The second-order valence-electron chi connectivity index (χ2n) is 5.16. The van der Waals surface area contributed by atoms with E-state index in [1.165, 1.54) is 17.7 Å². The third kappa shape index (κ3) is 1.53. The van der Waals surface area contributed by atoms with Gasteiger partial charge in [-0.25, -0.2) is 0 Å². The molecule has 1 aromatic rings. The molecule has 1 N–H and O–H groups in total. The molecule has 92 valence electrons. The number of nitrogens with one attached hydrogen (secondary N) is 1. The fourth-order valence-electron chi connectivity index (χ4n) is 3.48. The van der Waals surface area contributed by atoms with Gasteiger partial charge in [0.05, 0.1) is 13.2 Å². The van der Waals surface area contributed by atoms with Crippen molar-refractivity contribution < 1.29 is 4.74 Å². The van der Waals surface area contributed by atoms with E-state index in [0.29, 0.717) is 18.0 Å². The largest absolute Gasteiger partial charge is 0.497 e. The number of anilines is 1. The number of methoxy groups -OCH3 is 1. The van der Waals surface area contributed by atoms with E-state index in [0.717, 1.165) is 12.3 Å². The second kappa shape index (κ2) is 3.91. The summed E-state index contributed by atoms with van der Waals surface area (Å²) in [5.41, 5.74) is 2.83. The van der Waals surface area contributed by atoms with Gasteiger partial charge < -0.3 is 15.0 Å². The molecule has 2 aliphatic heterocycles. The first-order chi connectivity index (χ1) is 8.22. The van der Waals surface area contributed by atoms with Crippen molar-refractivity contribution in [2.45, 2.75) is 31.3 Å². The van der Waals surface area contributed by atoms with Gasteiger partial charge in [0.2, 0.25) is 0 Å². The molecule has 1 fully saturated rings. The highest BCUT2D eigenvalue weighted by Gasteiger charge is 2.41. The van der Waals surface area contributed by atoms with Gasteiger partial charge in [-0.3, -0.25) is 0 Å². The van der Waals surface area contributed by atoms with Gasteiger partial charge in [-0.2, -0.15) is 0 Å². The number of rotatable bonds is 1.